The minimum absolute atomic E-state index is 0.0670. The smallest absolute Gasteiger partial charge is 0.272 e. The highest BCUT2D eigenvalue weighted by Crippen LogP contribution is 2.26. The SMILES string of the molecule is CC(C)(C)c1cc2nc(-c3ccccc3)cc(C(=O)N3CCN(c4ccc([N+](=O)[O-])cc4)CC3)n2n1. The second-order valence-corrected chi connectivity index (χ2v) is 9.99. The molecule has 0 unspecified atom stereocenters. The van der Waals surface area contributed by atoms with E-state index in [0.717, 1.165) is 22.6 Å². The van der Waals surface area contributed by atoms with Crippen molar-refractivity contribution >= 4 is 22.9 Å². The summed E-state index contributed by atoms with van der Waals surface area (Å²) in [4.78, 5) is 33.1. The maximum absolute atomic E-state index is 13.8. The van der Waals surface area contributed by atoms with Crippen LogP contribution in [0.15, 0.2) is 66.7 Å². The Kier molecular flexibility index (Phi) is 5.91. The summed E-state index contributed by atoms with van der Waals surface area (Å²) >= 11 is 0. The first kappa shape index (κ1) is 23.5. The predicted molar refractivity (Wildman–Crippen MR) is 138 cm³/mol. The molecule has 0 N–H and O–H groups in total. The third-order valence-electron chi connectivity index (χ3n) is 6.48. The Bertz CT molecular complexity index is 1420. The van der Waals surface area contributed by atoms with Gasteiger partial charge in [-0.15, -0.1) is 0 Å². The van der Waals surface area contributed by atoms with Crippen molar-refractivity contribution in [1.82, 2.24) is 19.5 Å². The van der Waals surface area contributed by atoms with E-state index in [1.54, 1.807) is 16.6 Å². The maximum atomic E-state index is 13.8. The highest BCUT2D eigenvalue weighted by atomic mass is 16.6. The molecular formula is C27H28N6O3. The van der Waals surface area contributed by atoms with E-state index in [4.69, 9.17) is 10.1 Å². The highest BCUT2D eigenvalue weighted by Gasteiger charge is 2.27. The van der Waals surface area contributed by atoms with Crippen LogP contribution in [0.4, 0.5) is 11.4 Å². The van der Waals surface area contributed by atoms with Gasteiger partial charge in [0.2, 0.25) is 0 Å². The molecule has 1 aliphatic heterocycles. The topological polar surface area (TPSA) is 96.9 Å². The molecule has 9 heteroatoms. The molecule has 36 heavy (non-hydrogen) atoms. The van der Waals surface area contributed by atoms with Crippen LogP contribution in [0.25, 0.3) is 16.9 Å². The van der Waals surface area contributed by atoms with E-state index >= 15 is 0 Å². The Morgan fingerprint density at radius 3 is 2.22 bits per heavy atom. The molecule has 0 bridgehead atoms. The van der Waals surface area contributed by atoms with Crippen LogP contribution in [-0.4, -0.2) is 56.5 Å². The molecule has 1 amide bonds. The Balaban J connectivity index is 1.43. The van der Waals surface area contributed by atoms with Crippen molar-refractivity contribution in [1.29, 1.82) is 0 Å². The third kappa shape index (κ3) is 4.51. The number of carbonyl (C=O) groups is 1. The van der Waals surface area contributed by atoms with Crippen molar-refractivity contribution in [3.05, 3.63) is 88.2 Å². The molecule has 9 nitrogen and oxygen atoms in total. The van der Waals surface area contributed by atoms with Crippen molar-refractivity contribution in [3.63, 3.8) is 0 Å². The second-order valence-electron chi connectivity index (χ2n) is 9.99. The monoisotopic (exact) mass is 484 g/mol. The molecular weight excluding hydrogens is 456 g/mol. The van der Waals surface area contributed by atoms with Gasteiger partial charge in [0.15, 0.2) is 5.65 Å². The van der Waals surface area contributed by atoms with Crippen LogP contribution < -0.4 is 4.90 Å². The van der Waals surface area contributed by atoms with Gasteiger partial charge in [0.05, 0.1) is 16.3 Å². The number of hydrogen-bond donors (Lipinski definition) is 0. The first-order valence-corrected chi connectivity index (χ1v) is 12.0. The van der Waals surface area contributed by atoms with E-state index in [2.05, 4.69) is 25.7 Å². The van der Waals surface area contributed by atoms with Crippen molar-refractivity contribution in [2.45, 2.75) is 26.2 Å². The van der Waals surface area contributed by atoms with E-state index < -0.39 is 4.92 Å². The van der Waals surface area contributed by atoms with Crippen LogP contribution in [0.1, 0.15) is 37.0 Å². The van der Waals surface area contributed by atoms with E-state index in [-0.39, 0.29) is 17.0 Å². The van der Waals surface area contributed by atoms with Gasteiger partial charge in [-0.05, 0) is 18.2 Å². The zero-order valence-corrected chi connectivity index (χ0v) is 20.6. The summed E-state index contributed by atoms with van der Waals surface area (Å²) in [5.41, 5.74) is 4.47. The number of non-ortho nitro benzene ring substituents is 1. The molecule has 0 aliphatic carbocycles. The van der Waals surface area contributed by atoms with Gasteiger partial charge in [-0.2, -0.15) is 5.10 Å². The Labute approximate surface area is 209 Å². The number of nitrogens with zero attached hydrogens (tertiary/aromatic N) is 6. The fourth-order valence-corrected chi connectivity index (χ4v) is 4.37. The number of amides is 1. The molecule has 2 aromatic heterocycles. The zero-order chi connectivity index (χ0) is 25.4. The number of nitro benzene ring substituents is 1. The van der Waals surface area contributed by atoms with Crippen molar-refractivity contribution < 1.29 is 9.72 Å². The van der Waals surface area contributed by atoms with E-state index in [0.29, 0.717) is 37.5 Å². The average Bonchev–Trinajstić information content (AvgIpc) is 3.34. The summed E-state index contributed by atoms with van der Waals surface area (Å²) in [6, 6.07) is 20.1. The Morgan fingerprint density at radius 1 is 0.944 bits per heavy atom. The number of hydrogen-bond acceptors (Lipinski definition) is 6. The summed E-state index contributed by atoms with van der Waals surface area (Å²) < 4.78 is 1.66. The zero-order valence-electron chi connectivity index (χ0n) is 20.6. The van der Waals surface area contributed by atoms with Crippen LogP contribution in [0, 0.1) is 10.1 Å². The van der Waals surface area contributed by atoms with Crippen LogP contribution >= 0.6 is 0 Å². The van der Waals surface area contributed by atoms with Gasteiger partial charge >= 0.3 is 0 Å². The normalized spacial score (nSPS) is 14.3. The van der Waals surface area contributed by atoms with Gasteiger partial charge in [0.1, 0.15) is 5.69 Å². The van der Waals surface area contributed by atoms with E-state index in [1.807, 2.05) is 47.4 Å². The third-order valence-corrected chi connectivity index (χ3v) is 6.48. The summed E-state index contributed by atoms with van der Waals surface area (Å²) in [7, 11) is 0. The van der Waals surface area contributed by atoms with E-state index in [1.165, 1.54) is 12.1 Å². The fourth-order valence-electron chi connectivity index (χ4n) is 4.37. The van der Waals surface area contributed by atoms with Crippen molar-refractivity contribution in [2.75, 3.05) is 31.1 Å². The predicted octanol–water partition coefficient (Wildman–Crippen LogP) is 4.56. The lowest BCUT2D eigenvalue weighted by Gasteiger charge is -2.36. The number of rotatable bonds is 4. The molecule has 4 aromatic rings. The van der Waals surface area contributed by atoms with Crippen LogP contribution in [0.3, 0.4) is 0 Å². The van der Waals surface area contributed by atoms with Crippen molar-refractivity contribution in [2.24, 2.45) is 0 Å². The molecule has 1 saturated heterocycles. The number of fused-ring (bicyclic) bond motifs is 1. The van der Waals surface area contributed by atoms with Crippen molar-refractivity contribution in [3.8, 4) is 11.3 Å². The average molecular weight is 485 g/mol. The number of piperazine rings is 1. The summed E-state index contributed by atoms with van der Waals surface area (Å²) in [6.07, 6.45) is 0. The van der Waals surface area contributed by atoms with Gasteiger partial charge in [0.25, 0.3) is 11.6 Å². The molecule has 1 fully saturated rings. The standard InChI is InChI=1S/C27H28N6O3/c1-27(2,3)24-18-25-28-22(19-7-5-4-6-8-19)17-23(32(25)29-24)26(34)31-15-13-30(14-16-31)20-9-11-21(12-10-20)33(35)36/h4-12,17-18H,13-16H2,1-3H3. The molecule has 184 valence electrons. The first-order chi connectivity index (χ1) is 17.2. The minimum Gasteiger partial charge on any atom is -0.368 e. The lowest BCUT2D eigenvalue weighted by atomic mass is 9.93. The maximum Gasteiger partial charge on any atom is 0.272 e. The number of benzene rings is 2. The quantitative estimate of drug-likeness (QED) is 0.311. The number of carbonyl (C=O) groups excluding carboxylic acids is 1. The Morgan fingerprint density at radius 2 is 1.61 bits per heavy atom. The molecule has 3 heterocycles. The van der Waals surface area contributed by atoms with Crippen LogP contribution in [-0.2, 0) is 5.41 Å². The van der Waals surface area contributed by atoms with Gasteiger partial charge in [-0.1, -0.05) is 51.1 Å². The van der Waals surface area contributed by atoms with Gasteiger partial charge in [-0.3, -0.25) is 14.9 Å². The Hall–Kier alpha value is -4.27. The minimum atomic E-state index is -0.403. The molecule has 5 rings (SSSR count). The molecule has 0 atom stereocenters. The van der Waals surface area contributed by atoms with Crippen LogP contribution in [0.5, 0.6) is 0 Å². The second kappa shape index (κ2) is 9.07. The van der Waals surface area contributed by atoms with Gasteiger partial charge in [0, 0.05) is 61.0 Å². The van der Waals surface area contributed by atoms with Gasteiger partial charge < -0.3 is 9.80 Å². The fraction of sp³-hybridized carbons (Fsp3) is 0.296. The molecule has 0 spiro atoms. The van der Waals surface area contributed by atoms with Crippen LogP contribution in [0.2, 0.25) is 0 Å². The molecule has 0 radical (unpaired) electrons. The molecule has 0 saturated carbocycles. The number of aromatic nitrogens is 3. The number of anilines is 1. The first-order valence-electron chi connectivity index (χ1n) is 12.0. The summed E-state index contributed by atoms with van der Waals surface area (Å²) in [6.45, 7) is 8.61. The highest BCUT2D eigenvalue weighted by molar-refractivity contribution is 5.94. The largest absolute Gasteiger partial charge is 0.368 e. The number of nitro groups is 1. The van der Waals surface area contributed by atoms with E-state index in [9.17, 15) is 14.9 Å². The van der Waals surface area contributed by atoms with Gasteiger partial charge in [-0.25, -0.2) is 9.50 Å². The molecule has 1 aliphatic rings. The lowest BCUT2D eigenvalue weighted by Crippen LogP contribution is -2.49. The molecule has 2 aromatic carbocycles. The lowest BCUT2D eigenvalue weighted by molar-refractivity contribution is -0.384. The summed E-state index contributed by atoms with van der Waals surface area (Å²) in [5.74, 6) is -0.0912. The summed E-state index contributed by atoms with van der Waals surface area (Å²) in [5, 5.41) is 15.7.